The maximum absolute atomic E-state index is 12.9. The average molecular weight is 298 g/mol. The van der Waals surface area contributed by atoms with Crippen molar-refractivity contribution in [3.05, 3.63) is 52.5 Å². The average Bonchev–Trinajstić information content (AvgIpc) is 2.33. The van der Waals surface area contributed by atoms with Gasteiger partial charge in [0, 0.05) is 18.0 Å². The second-order valence-electron chi connectivity index (χ2n) is 3.32. The maximum atomic E-state index is 12.9. The molecule has 0 saturated heterocycles. The Morgan fingerprint density at radius 1 is 1.29 bits per heavy atom. The zero-order valence-corrected chi connectivity index (χ0v) is 10.3. The first-order valence-electron chi connectivity index (χ1n) is 4.87. The minimum absolute atomic E-state index is 0.165. The van der Waals surface area contributed by atoms with Crippen LogP contribution >= 0.6 is 15.9 Å². The lowest BCUT2D eigenvalue weighted by Crippen LogP contribution is -1.93. The van der Waals surface area contributed by atoms with E-state index in [1.807, 2.05) is 0 Å². The van der Waals surface area contributed by atoms with Crippen LogP contribution in [0.2, 0.25) is 0 Å². The first-order valence-corrected chi connectivity index (χ1v) is 5.66. The predicted molar refractivity (Wildman–Crippen MR) is 64.3 cm³/mol. The van der Waals surface area contributed by atoms with E-state index < -0.39 is 0 Å². The zero-order chi connectivity index (χ0) is 12.3. The van der Waals surface area contributed by atoms with Gasteiger partial charge in [0.2, 0.25) is 0 Å². The fourth-order valence-electron chi connectivity index (χ4n) is 1.31. The van der Waals surface area contributed by atoms with Gasteiger partial charge in [0.15, 0.2) is 0 Å². The van der Waals surface area contributed by atoms with Crippen molar-refractivity contribution in [2.24, 2.45) is 0 Å². The first-order chi connectivity index (χ1) is 8.20. The standard InChI is InChI=1S/C12H9BrFNO2/c13-10-5-9(14)1-2-12(10)17-11-3-4-15-6-8(11)7-16/h1-6,16H,7H2. The van der Waals surface area contributed by atoms with Gasteiger partial charge in [-0.15, -0.1) is 0 Å². The molecule has 2 aromatic rings. The molecule has 0 atom stereocenters. The van der Waals surface area contributed by atoms with Gasteiger partial charge in [-0.1, -0.05) is 0 Å². The van der Waals surface area contributed by atoms with Crippen LogP contribution in [0.15, 0.2) is 41.1 Å². The number of benzene rings is 1. The molecule has 3 nitrogen and oxygen atoms in total. The van der Waals surface area contributed by atoms with E-state index in [0.29, 0.717) is 21.5 Å². The van der Waals surface area contributed by atoms with Crippen molar-refractivity contribution < 1.29 is 14.2 Å². The van der Waals surface area contributed by atoms with E-state index in [2.05, 4.69) is 20.9 Å². The van der Waals surface area contributed by atoms with Crippen molar-refractivity contribution in [1.82, 2.24) is 4.98 Å². The van der Waals surface area contributed by atoms with Gasteiger partial charge in [0.25, 0.3) is 0 Å². The molecule has 0 fully saturated rings. The summed E-state index contributed by atoms with van der Waals surface area (Å²) in [5.74, 6) is 0.628. The molecule has 0 saturated carbocycles. The summed E-state index contributed by atoms with van der Waals surface area (Å²) in [7, 11) is 0. The molecule has 0 radical (unpaired) electrons. The second kappa shape index (κ2) is 5.25. The van der Waals surface area contributed by atoms with Gasteiger partial charge >= 0.3 is 0 Å². The van der Waals surface area contributed by atoms with E-state index in [9.17, 15) is 4.39 Å². The highest BCUT2D eigenvalue weighted by atomic mass is 79.9. The molecular weight excluding hydrogens is 289 g/mol. The lowest BCUT2D eigenvalue weighted by Gasteiger charge is -2.10. The summed E-state index contributed by atoms with van der Waals surface area (Å²) < 4.78 is 19.0. The largest absolute Gasteiger partial charge is 0.456 e. The highest BCUT2D eigenvalue weighted by Crippen LogP contribution is 2.31. The lowest BCUT2D eigenvalue weighted by molar-refractivity contribution is 0.276. The summed E-state index contributed by atoms with van der Waals surface area (Å²) in [5, 5.41) is 9.12. The number of pyridine rings is 1. The van der Waals surface area contributed by atoms with E-state index in [1.54, 1.807) is 12.3 Å². The van der Waals surface area contributed by atoms with Gasteiger partial charge < -0.3 is 9.84 Å². The van der Waals surface area contributed by atoms with E-state index in [-0.39, 0.29) is 12.4 Å². The Bertz CT molecular complexity index is 534. The van der Waals surface area contributed by atoms with E-state index >= 15 is 0 Å². The molecule has 0 spiro atoms. The Morgan fingerprint density at radius 3 is 2.82 bits per heavy atom. The Morgan fingerprint density at radius 2 is 2.12 bits per heavy atom. The number of rotatable bonds is 3. The molecule has 0 bridgehead atoms. The van der Waals surface area contributed by atoms with Crippen molar-refractivity contribution in [1.29, 1.82) is 0 Å². The topological polar surface area (TPSA) is 42.4 Å². The highest BCUT2D eigenvalue weighted by Gasteiger charge is 2.07. The fourth-order valence-corrected chi connectivity index (χ4v) is 1.74. The summed E-state index contributed by atoms with van der Waals surface area (Å²) in [6.45, 7) is -0.165. The number of halogens is 2. The fraction of sp³-hybridized carbons (Fsp3) is 0.0833. The van der Waals surface area contributed by atoms with Gasteiger partial charge in [-0.2, -0.15) is 0 Å². The third kappa shape index (κ3) is 2.81. The van der Waals surface area contributed by atoms with Gasteiger partial charge in [-0.25, -0.2) is 4.39 Å². The minimum Gasteiger partial charge on any atom is -0.456 e. The van der Waals surface area contributed by atoms with Crippen LogP contribution in [0.1, 0.15) is 5.56 Å². The number of aliphatic hydroxyl groups excluding tert-OH is 1. The van der Waals surface area contributed by atoms with Gasteiger partial charge in [0.1, 0.15) is 17.3 Å². The normalized spacial score (nSPS) is 10.3. The van der Waals surface area contributed by atoms with Crippen molar-refractivity contribution in [2.45, 2.75) is 6.61 Å². The smallest absolute Gasteiger partial charge is 0.141 e. The number of hydrogen-bond acceptors (Lipinski definition) is 3. The Balaban J connectivity index is 2.31. The Hall–Kier alpha value is -1.46. The van der Waals surface area contributed by atoms with Crippen LogP contribution in [0.25, 0.3) is 0 Å². The highest BCUT2D eigenvalue weighted by molar-refractivity contribution is 9.10. The van der Waals surface area contributed by atoms with Gasteiger partial charge in [-0.05, 0) is 40.2 Å². The third-order valence-corrected chi connectivity index (χ3v) is 2.76. The maximum Gasteiger partial charge on any atom is 0.141 e. The SMILES string of the molecule is OCc1cnccc1Oc1ccc(F)cc1Br. The number of hydrogen-bond donors (Lipinski definition) is 1. The van der Waals surface area contributed by atoms with Crippen molar-refractivity contribution in [2.75, 3.05) is 0 Å². The van der Waals surface area contributed by atoms with Crippen molar-refractivity contribution >= 4 is 15.9 Å². The molecule has 0 aliphatic heterocycles. The Labute approximate surface area is 106 Å². The van der Waals surface area contributed by atoms with Gasteiger partial charge in [-0.3, -0.25) is 4.98 Å². The van der Waals surface area contributed by atoms with Crippen LogP contribution < -0.4 is 4.74 Å². The number of aliphatic hydroxyl groups is 1. The van der Waals surface area contributed by atoms with Crippen LogP contribution in [0.3, 0.4) is 0 Å². The monoisotopic (exact) mass is 297 g/mol. The molecule has 1 aromatic heterocycles. The second-order valence-corrected chi connectivity index (χ2v) is 4.17. The molecular formula is C12H9BrFNO2. The lowest BCUT2D eigenvalue weighted by atomic mass is 10.2. The summed E-state index contributed by atoms with van der Waals surface area (Å²) in [6.07, 6.45) is 3.08. The molecule has 1 heterocycles. The molecule has 0 aliphatic carbocycles. The molecule has 1 N–H and O–H groups in total. The van der Waals surface area contributed by atoms with E-state index in [0.717, 1.165) is 0 Å². The first kappa shape index (κ1) is 12.0. The van der Waals surface area contributed by atoms with Crippen LogP contribution in [0.5, 0.6) is 11.5 Å². The molecule has 0 amide bonds. The number of nitrogens with zero attached hydrogens (tertiary/aromatic N) is 1. The summed E-state index contributed by atoms with van der Waals surface area (Å²) in [6, 6.07) is 5.78. The van der Waals surface area contributed by atoms with Crippen molar-refractivity contribution in [3.8, 4) is 11.5 Å². The molecule has 5 heteroatoms. The number of ether oxygens (including phenoxy) is 1. The summed E-state index contributed by atoms with van der Waals surface area (Å²) in [5.41, 5.74) is 0.573. The van der Waals surface area contributed by atoms with E-state index in [4.69, 9.17) is 9.84 Å². The molecule has 17 heavy (non-hydrogen) atoms. The molecule has 0 unspecified atom stereocenters. The Kier molecular flexibility index (Phi) is 3.71. The predicted octanol–water partition coefficient (Wildman–Crippen LogP) is 3.27. The zero-order valence-electron chi connectivity index (χ0n) is 8.73. The van der Waals surface area contributed by atoms with Gasteiger partial charge in [0.05, 0.1) is 11.1 Å². The molecule has 88 valence electrons. The molecule has 1 aromatic carbocycles. The summed E-state index contributed by atoms with van der Waals surface area (Å²) >= 11 is 3.21. The quantitative estimate of drug-likeness (QED) is 0.945. The van der Waals surface area contributed by atoms with Crippen LogP contribution in [0, 0.1) is 5.82 Å². The minimum atomic E-state index is -0.346. The summed E-state index contributed by atoms with van der Waals surface area (Å²) in [4.78, 5) is 3.88. The van der Waals surface area contributed by atoms with Crippen LogP contribution in [-0.2, 0) is 6.61 Å². The van der Waals surface area contributed by atoms with Crippen LogP contribution in [-0.4, -0.2) is 10.1 Å². The third-order valence-electron chi connectivity index (χ3n) is 2.14. The van der Waals surface area contributed by atoms with E-state index in [1.165, 1.54) is 24.4 Å². The number of aromatic nitrogens is 1. The van der Waals surface area contributed by atoms with Crippen molar-refractivity contribution in [3.63, 3.8) is 0 Å². The molecule has 0 aliphatic rings. The van der Waals surface area contributed by atoms with Crippen LogP contribution in [0.4, 0.5) is 4.39 Å². The molecule has 2 rings (SSSR count).